The molecule has 5 nitrogen and oxygen atoms in total. The highest BCUT2D eigenvalue weighted by atomic mass is 32.2. The largest absolute Gasteiger partial charge is 0.349 e. The SMILES string of the molecule is CN=C(NCc1nc2ccc(C)cc2[nH]1)N1CCSC(C)(C)C1. The monoisotopic (exact) mass is 331 g/mol. The number of aryl methyl sites for hydroxylation is 1. The van der Waals surface area contributed by atoms with E-state index in [-0.39, 0.29) is 4.75 Å². The lowest BCUT2D eigenvalue weighted by Gasteiger charge is -2.39. The molecule has 0 spiro atoms. The van der Waals surface area contributed by atoms with Gasteiger partial charge in [0.05, 0.1) is 17.6 Å². The summed E-state index contributed by atoms with van der Waals surface area (Å²) in [6.07, 6.45) is 0. The second-order valence-corrected chi connectivity index (χ2v) is 8.44. The van der Waals surface area contributed by atoms with Crippen LogP contribution in [0, 0.1) is 6.92 Å². The van der Waals surface area contributed by atoms with E-state index in [9.17, 15) is 0 Å². The van der Waals surface area contributed by atoms with Crippen LogP contribution >= 0.6 is 11.8 Å². The Balaban J connectivity index is 1.67. The van der Waals surface area contributed by atoms with Gasteiger partial charge in [0, 0.05) is 30.6 Å². The molecular weight excluding hydrogens is 306 g/mol. The van der Waals surface area contributed by atoms with Gasteiger partial charge >= 0.3 is 0 Å². The van der Waals surface area contributed by atoms with Crippen LogP contribution in [0.15, 0.2) is 23.2 Å². The number of imidazole rings is 1. The van der Waals surface area contributed by atoms with Crippen molar-refractivity contribution >= 4 is 28.8 Å². The normalized spacial score (nSPS) is 18.4. The van der Waals surface area contributed by atoms with Crippen LogP contribution in [-0.4, -0.2) is 51.5 Å². The number of thioether (sulfide) groups is 1. The third-order valence-corrected chi connectivity index (χ3v) is 5.33. The summed E-state index contributed by atoms with van der Waals surface area (Å²) >= 11 is 2.03. The van der Waals surface area contributed by atoms with Crippen molar-refractivity contribution < 1.29 is 0 Å². The molecule has 0 bridgehead atoms. The lowest BCUT2D eigenvalue weighted by Crippen LogP contribution is -2.50. The van der Waals surface area contributed by atoms with Gasteiger partial charge in [-0.25, -0.2) is 4.98 Å². The summed E-state index contributed by atoms with van der Waals surface area (Å²) in [7, 11) is 1.85. The van der Waals surface area contributed by atoms with Gasteiger partial charge in [0.1, 0.15) is 5.82 Å². The summed E-state index contributed by atoms with van der Waals surface area (Å²) < 4.78 is 0.271. The number of hydrogen-bond donors (Lipinski definition) is 2. The maximum absolute atomic E-state index is 4.64. The highest BCUT2D eigenvalue weighted by Gasteiger charge is 2.28. The molecule has 0 atom stereocenters. The van der Waals surface area contributed by atoms with Gasteiger partial charge in [-0.15, -0.1) is 0 Å². The topological polar surface area (TPSA) is 56.3 Å². The molecule has 0 unspecified atom stereocenters. The van der Waals surface area contributed by atoms with Crippen molar-refractivity contribution in [1.82, 2.24) is 20.2 Å². The molecule has 3 rings (SSSR count). The number of benzene rings is 1. The van der Waals surface area contributed by atoms with Gasteiger partial charge in [-0.2, -0.15) is 11.8 Å². The average molecular weight is 331 g/mol. The minimum atomic E-state index is 0.271. The Labute approximate surface area is 142 Å². The molecule has 1 aromatic heterocycles. The number of guanidine groups is 1. The van der Waals surface area contributed by atoms with Gasteiger partial charge < -0.3 is 15.2 Å². The van der Waals surface area contributed by atoms with Crippen molar-refractivity contribution in [2.45, 2.75) is 32.1 Å². The van der Waals surface area contributed by atoms with Gasteiger partial charge in [-0.05, 0) is 38.5 Å². The molecule has 1 fully saturated rings. The fraction of sp³-hybridized carbons (Fsp3) is 0.529. The molecule has 0 aliphatic carbocycles. The zero-order chi connectivity index (χ0) is 16.4. The summed E-state index contributed by atoms with van der Waals surface area (Å²) in [6, 6.07) is 6.28. The van der Waals surface area contributed by atoms with Crippen LogP contribution in [0.5, 0.6) is 0 Å². The molecule has 1 aliphatic heterocycles. The first-order valence-electron chi connectivity index (χ1n) is 8.02. The summed E-state index contributed by atoms with van der Waals surface area (Å²) in [5, 5.41) is 3.44. The molecule has 2 heterocycles. The number of nitrogens with zero attached hydrogens (tertiary/aromatic N) is 3. The number of nitrogens with one attached hydrogen (secondary N) is 2. The minimum Gasteiger partial charge on any atom is -0.349 e. The third-order valence-electron chi connectivity index (χ3n) is 4.04. The zero-order valence-electron chi connectivity index (χ0n) is 14.3. The fourth-order valence-corrected chi connectivity index (χ4v) is 4.06. The average Bonchev–Trinajstić information content (AvgIpc) is 2.89. The number of hydrogen-bond acceptors (Lipinski definition) is 3. The van der Waals surface area contributed by atoms with Gasteiger partial charge in [0.2, 0.25) is 0 Å². The Hall–Kier alpha value is -1.69. The van der Waals surface area contributed by atoms with Crippen molar-refractivity contribution in [1.29, 1.82) is 0 Å². The van der Waals surface area contributed by atoms with Crippen molar-refractivity contribution in [3.05, 3.63) is 29.6 Å². The molecule has 2 aromatic rings. The van der Waals surface area contributed by atoms with Crippen molar-refractivity contribution in [2.75, 3.05) is 25.9 Å². The molecular formula is C17H25N5S. The Morgan fingerprint density at radius 1 is 1.48 bits per heavy atom. The van der Waals surface area contributed by atoms with Crippen LogP contribution in [0.1, 0.15) is 25.2 Å². The van der Waals surface area contributed by atoms with E-state index in [0.29, 0.717) is 6.54 Å². The van der Waals surface area contributed by atoms with Crippen molar-refractivity contribution in [3.63, 3.8) is 0 Å². The predicted molar refractivity (Wildman–Crippen MR) is 99.1 cm³/mol. The molecule has 23 heavy (non-hydrogen) atoms. The Bertz CT molecular complexity index is 719. The molecule has 0 amide bonds. The Morgan fingerprint density at radius 2 is 2.30 bits per heavy atom. The number of H-pyrrole nitrogens is 1. The lowest BCUT2D eigenvalue weighted by molar-refractivity contribution is 0.375. The minimum absolute atomic E-state index is 0.271. The molecule has 0 radical (unpaired) electrons. The number of rotatable bonds is 2. The van der Waals surface area contributed by atoms with Gasteiger partial charge in [-0.3, -0.25) is 4.99 Å². The van der Waals surface area contributed by atoms with Gasteiger partial charge in [0.25, 0.3) is 0 Å². The molecule has 0 saturated carbocycles. The molecule has 2 N–H and O–H groups in total. The standard InChI is InChI=1S/C17H25N5S/c1-12-5-6-13-14(9-12)21-15(20-13)10-19-16(18-4)22-7-8-23-17(2,3)11-22/h5-6,9H,7-8,10-11H2,1-4H3,(H,18,19)(H,20,21). The van der Waals surface area contributed by atoms with E-state index in [4.69, 9.17) is 0 Å². The highest BCUT2D eigenvalue weighted by Crippen LogP contribution is 2.29. The molecule has 1 aliphatic rings. The van der Waals surface area contributed by atoms with Crippen LogP contribution in [0.25, 0.3) is 11.0 Å². The molecule has 1 aromatic carbocycles. The van der Waals surface area contributed by atoms with E-state index in [1.165, 1.54) is 5.56 Å². The van der Waals surface area contributed by atoms with Gasteiger partial charge in [-0.1, -0.05) is 6.07 Å². The van der Waals surface area contributed by atoms with Crippen LogP contribution in [-0.2, 0) is 6.54 Å². The van der Waals surface area contributed by atoms with Crippen LogP contribution in [0.4, 0.5) is 0 Å². The first-order valence-corrected chi connectivity index (χ1v) is 9.00. The van der Waals surface area contributed by atoms with E-state index in [0.717, 1.165) is 41.7 Å². The number of aromatic amines is 1. The summed E-state index contributed by atoms with van der Waals surface area (Å²) in [4.78, 5) is 14.8. The molecule has 1 saturated heterocycles. The van der Waals surface area contributed by atoms with Gasteiger partial charge in [0.15, 0.2) is 5.96 Å². The van der Waals surface area contributed by atoms with E-state index in [1.807, 2.05) is 18.8 Å². The molecule has 124 valence electrons. The summed E-state index contributed by atoms with van der Waals surface area (Å²) in [6.45, 7) is 9.38. The van der Waals surface area contributed by atoms with E-state index in [2.05, 4.69) is 64.1 Å². The number of aliphatic imine (C=N–C) groups is 1. The highest BCUT2D eigenvalue weighted by molar-refractivity contribution is 8.00. The second-order valence-electron chi connectivity index (χ2n) is 6.63. The number of fused-ring (bicyclic) bond motifs is 1. The van der Waals surface area contributed by atoms with Crippen molar-refractivity contribution in [3.8, 4) is 0 Å². The molecule has 6 heteroatoms. The predicted octanol–water partition coefficient (Wildman–Crippen LogP) is 2.77. The number of aromatic nitrogens is 2. The zero-order valence-corrected chi connectivity index (χ0v) is 15.1. The van der Waals surface area contributed by atoms with E-state index >= 15 is 0 Å². The maximum Gasteiger partial charge on any atom is 0.194 e. The fourth-order valence-electron chi connectivity index (χ4n) is 2.95. The van der Waals surface area contributed by atoms with Crippen LogP contribution in [0.3, 0.4) is 0 Å². The third kappa shape index (κ3) is 3.80. The Kier molecular flexibility index (Phi) is 4.53. The first kappa shape index (κ1) is 16.2. The summed E-state index contributed by atoms with van der Waals surface area (Å²) in [5.41, 5.74) is 3.34. The Morgan fingerprint density at radius 3 is 3.04 bits per heavy atom. The van der Waals surface area contributed by atoms with Crippen molar-refractivity contribution in [2.24, 2.45) is 4.99 Å². The maximum atomic E-state index is 4.64. The van der Waals surface area contributed by atoms with Crippen LogP contribution < -0.4 is 5.32 Å². The first-order chi connectivity index (χ1) is 11.0. The van der Waals surface area contributed by atoms with E-state index < -0.39 is 0 Å². The van der Waals surface area contributed by atoms with E-state index in [1.54, 1.807) is 0 Å². The summed E-state index contributed by atoms with van der Waals surface area (Å²) in [5.74, 6) is 3.03. The van der Waals surface area contributed by atoms with Crippen LogP contribution in [0.2, 0.25) is 0 Å². The quantitative estimate of drug-likeness (QED) is 0.656. The lowest BCUT2D eigenvalue weighted by atomic mass is 10.2. The second kappa shape index (κ2) is 6.43. The smallest absolute Gasteiger partial charge is 0.194 e.